The Balaban J connectivity index is 1.56. The van der Waals surface area contributed by atoms with Gasteiger partial charge in [-0.15, -0.1) is 0 Å². The topological polar surface area (TPSA) is 38.2 Å². The van der Waals surface area contributed by atoms with Gasteiger partial charge < -0.3 is 9.64 Å². The van der Waals surface area contributed by atoms with Crippen LogP contribution in [0, 0.1) is 11.8 Å². The van der Waals surface area contributed by atoms with Crippen molar-refractivity contribution in [3.63, 3.8) is 0 Å². The molecule has 0 N–H and O–H groups in total. The van der Waals surface area contributed by atoms with Gasteiger partial charge in [-0.25, -0.2) is 9.97 Å². The zero-order valence-corrected chi connectivity index (χ0v) is 9.54. The summed E-state index contributed by atoms with van der Waals surface area (Å²) in [5.41, 5.74) is 1.23. The molecular weight excluding hydrogens is 202 g/mol. The molecule has 2 fully saturated rings. The molecule has 1 aromatic rings. The number of ether oxygens (including phenoxy) is 1. The Kier molecular flexibility index (Phi) is 2.61. The van der Waals surface area contributed by atoms with E-state index in [1.165, 1.54) is 18.8 Å². The minimum atomic E-state index is 0.696. The number of aromatic nitrogens is 2. The van der Waals surface area contributed by atoms with Crippen molar-refractivity contribution in [1.82, 2.24) is 14.9 Å². The molecule has 1 aromatic heterocycles. The van der Waals surface area contributed by atoms with Crippen LogP contribution in [0.2, 0.25) is 0 Å². The van der Waals surface area contributed by atoms with Gasteiger partial charge in [-0.1, -0.05) is 0 Å². The van der Waals surface area contributed by atoms with Crippen molar-refractivity contribution in [1.29, 1.82) is 0 Å². The van der Waals surface area contributed by atoms with E-state index in [0.29, 0.717) is 5.92 Å². The molecule has 0 amide bonds. The Hall–Kier alpha value is -1.00. The van der Waals surface area contributed by atoms with Crippen molar-refractivity contribution in [2.75, 3.05) is 33.4 Å². The van der Waals surface area contributed by atoms with Gasteiger partial charge in [-0.05, 0) is 17.9 Å². The molecule has 0 spiro atoms. The molecule has 1 saturated carbocycles. The zero-order chi connectivity index (χ0) is 11.0. The Bertz CT molecular complexity index is 345. The standard InChI is InChI=1S/C12H17N3O/c1-16-5-4-15-6-9-10(7-15)12(9)11-2-3-13-8-14-11/h2-3,8-10,12H,4-7H2,1H3/t9-,10+,12?. The fourth-order valence-corrected chi connectivity index (χ4v) is 2.95. The second-order valence-corrected chi connectivity index (χ2v) is 4.74. The highest BCUT2D eigenvalue weighted by Crippen LogP contribution is 2.57. The molecule has 3 atom stereocenters. The number of methoxy groups -OCH3 is 1. The Labute approximate surface area is 95.7 Å². The SMILES string of the molecule is COCCN1C[C@@H]2C(c3ccncn3)[C@@H]2C1. The summed E-state index contributed by atoms with van der Waals surface area (Å²) in [6, 6.07) is 2.06. The average molecular weight is 219 g/mol. The van der Waals surface area contributed by atoms with Crippen LogP contribution in [0.4, 0.5) is 0 Å². The second kappa shape index (κ2) is 4.11. The van der Waals surface area contributed by atoms with E-state index < -0.39 is 0 Å². The Morgan fingerprint density at radius 2 is 2.25 bits per heavy atom. The molecule has 1 saturated heterocycles. The lowest BCUT2D eigenvalue weighted by Crippen LogP contribution is -2.27. The van der Waals surface area contributed by atoms with E-state index in [9.17, 15) is 0 Å². The highest BCUT2D eigenvalue weighted by atomic mass is 16.5. The van der Waals surface area contributed by atoms with Gasteiger partial charge in [0.25, 0.3) is 0 Å². The van der Waals surface area contributed by atoms with Crippen LogP contribution >= 0.6 is 0 Å². The number of likely N-dealkylation sites (tertiary alicyclic amines) is 1. The molecule has 2 aliphatic rings. The predicted molar refractivity (Wildman–Crippen MR) is 60.1 cm³/mol. The van der Waals surface area contributed by atoms with Crippen molar-refractivity contribution in [3.05, 3.63) is 24.3 Å². The van der Waals surface area contributed by atoms with Gasteiger partial charge in [0.05, 0.1) is 6.61 Å². The molecular formula is C12H17N3O. The molecule has 1 unspecified atom stereocenters. The van der Waals surface area contributed by atoms with E-state index in [1.807, 2.05) is 6.20 Å². The van der Waals surface area contributed by atoms with Crippen LogP contribution in [0.15, 0.2) is 18.6 Å². The number of rotatable bonds is 4. The van der Waals surface area contributed by atoms with Gasteiger partial charge >= 0.3 is 0 Å². The number of nitrogens with zero attached hydrogens (tertiary/aromatic N) is 3. The lowest BCUT2D eigenvalue weighted by Gasteiger charge is -2.18. The summed E-state index contributed by atoms with van der Waals surface area (Å²) in [4.78, 5) is 10.8. The van der Waals surface area contributed by atoms with Crippen molar-refractivity contribution < 1.29 is 4.74 Å². The van der Waals surface area contributed by atoms with Gasteiger partial charge in [0.15, 0.2) is 0 Å². The highest BCUT2D eigenvalue weighted by Gasteiger charge is 2.56. The number of fused-ring (bicyclic) bond motifs is 1. The van der Waals surface area contributed by atoms with E-state index in [4.69, 9.17) is 4.74 Å². The maximum absolute atomic E-state index is 5.10. The van der Waals surface area contributed by atoms with E-state index in [-0.39, 0.29) is 0 Å². The number of piperidine rings is 1. The fraction of sp³-hybridized carbons (Fsp3) is 0.667. The molecule has 86 valence electrons. The first-order valence-corrected chi connectivity index (χ1v) is 5.87. The van der Waals surface area contributed by atoms with Crippen LogP contribution in [0.5, 0.6) is 0 Å². The minimum Gasteiger partial charge on any atom is -0.383 e. The van der Waals surface area contributed by atoms with Crippen molar-refractivity contribution in [3.8, 4) is 0 Å². The van der Waals surface area contributed by atoms with Crippen molar-refractivity contribution in [2.24, 2.45) is 11.8 Å². The van der Waals surface area contributed by atoms with Gasteiger partial charge in [0, 0.05) is 44.6 Å². The van der Waals surface area contributed by atoms with E-state index >= 15 is 0 Å². The third-order valence-corrected chi connectivity index (χ3v) is 3.83. The summed E-state index contributed by atoms with van der Waals surface area (Å²) >= 11 is 0. The summed E-state index contributed by atoms with van der Waals surface area (Å²) in [6.45, 7) is 4.34. The van der Waals surface area contributed by atoms with Crippen LogP contribution < -0.4 is 0 Å². The maximum Gasteiger partial charge on any atom is 0.115 e. The number of hydrogen-bond acceptors (Lipinski definition) is 4. The molecule has 0 bridgehead atoms. The molecule has 4 heteroatoms. The lowest BCUT2D eigenvalue weighted by molar-refractivity contribution is 0.153. The smallest absolute Gasteiger partial charge is 0.115 e. The summed E-state index contributed by atoms with van der Waals surface area (Å²) in [6.07, 6.45) is 3.51. The highest BCUT2D eigenvalue weighted by molar-refractivity contribution is 5.23. The van der Waals surface area contributed by atoms with E-state index in [2.05, 4.69) is 20.9 Å². The van der Waals surface area contributed by atoms with Gasteiger partial charge in [-0.3, -0.25) is 0 Å². The first-order chi connectivity index (χ1) is 7.90. The minimum absolute atomic E-state index is 0.696. The second-order valence-electron chi connectivity index (χ2n) is 4.74. The summed E-state index contributed by atoms with van der Waals surface area (Å²) < 4.78 is 5.10. The monoisotopic (exact) mass is 219 g/mol. The summed E-state index contributed by atoms with van der Waals surface area (Å²) in [5, 5.41) is 0. The summed E-state index contributed by atoms with van der Waals surface area (Å²) in [5.74, 6) is 2.35. The van der Waals surface area contributed by atoms with E-state index in [1.54, 1.807) is 13.4 Å². The van der Waals surface area contributed by atoms with Gasteiger partial charge in [-0.2, -0.15) is 0 Å². The molecule has 3 rings (SSSR count). The average Bonchev–Trinajstić information content (AvgIpc) is 2.84. The largest absolute Gasteiger partial charge is 0.383 e. The molecule has 2 heterocycles. The van der Waals surface area contributed by atoms with Gasteiger partial charge in [0.2, 0.25) is 0 Å². The molecule has 0 radical (unpaired) electrons. The molecule has 4 nitrogen and oxygen atoms in total. The molecule has 16 heavy (non-hydrogen) atoms. The normalized spacial score (nSPS) is 32.7. The Morgan fingerprint density at radius 1 is 1.44 bits per heavy atom. The quantitative estimate of drug-likeness (QED) is 0.749. The van der Waals surface area contributed by atoms with Crippen LogP contribution in [0.1, 0.15) is 11.6 Å². The Morgan fingerprint density at radius 3 is 2.88 bits per heavy atom. The molecule has 1 aliphatic heterocycles. The van der Waals surface area contributed by atoms with Crippen LogP contribution in [-0.4, -0.2) is 48.2 Å². The first kappa shape index (κ1) is 10.2. The van der Waals surface area contributed by atoms with Crippen molar-refractivity contribution in [2.45, 2.75) is 5.92 Å². The molecule has 0 aromatic carbocycles. The van der Waals surface area contributed by atoms with Gasteiger partial charge in [0.1, 0.15) is 6.33 Å². The maximum atomic E-state index is 5.10. The van der Waals surface area contributed by atoms with Crippen LogP contribution in [0.25, 0.3) is 0 Å². The van der Waals surface area contributed by atoms with E-state index in [0.717, 1.165) is 25.0 Å². The third kappa shape index (κ3) is 1.72. The van der Waals surface area contributed by atoms with Crippen molar-refractivity contribution >= 4 is 0 Å². The summed E-state index contributed by atoms with van der Waals surface area (Å²) in [7, 11) is 1.76. The predicted octanol–water partition coefficient (Wildman–Crippen LogP) is 0.768. The van der Waals surface area contributed by atoms with Crippen LogP contribution in [0.3, 0.4) is 0 Å². The lowest BCUT2D eigenvalue weighted by atomic mass is 10.2. The van der Waals surface area contributed by atoms with Crippen LogP contribution in [-0.2, 0) is 4.74 Å². The zero-order valence-electron chi connectivity index (χ0n) is 9.54. The first-order valence-electron chi connectivity index (χ1n) is 5.87. The number of hydrogen-bond donors (Lipinski definition) is 0. The third-order valence-electron chi connectivity index (χ3n) is 3.83. The fourth-order valence-electron chi connectivity index (χ4n) is 2.95. The molecule has 1 aliphatic carbocycles.